The van der Waals surface area contributed by atoms with Gasteiger partial charge in [0.25, 0.3) is 0 Å². The van der Waals surface area contributed by atoms with Gasteiger partial charge in [-0.1, -0.05) is 38.3 Å². The van der Waals surface area contributed by atoms with E-state index in [4.69, 9.17) is 0 Å². The van der Waals surface area contributed by atoms with Crippen molar-refractivity contribution in [3.63, 3.8) is 0 Å². The van der Waals surface area contributed by atoms with Crippen LogP contribution >= 0.6 is 11.3 Å². The smallest absolute Gasteiger partial charge is 0.0345 e. The van der Waals surface area contributed by atoms with Crippen molar-refractivity contribution >= 4 is 16.9 Å². The van der Waals surface area contributed by atoms with Gasteiger partial charge in [0.1, 0.15) is 0 Å². The highest BCUT2D eigenvalue weighted by atomic mass is 32.1. The van der Waals surface area contributed by atoms with E-state index in [1.165, 1.54) is 16.0 Å². The largest absolute Gasteiger partial charge is 0.144 e. The first-order chi connectivity index (χ1) is 6.33. The first kappa shape index (κ1) is 10.0. The Morgan fingerprint density at radius 3 is 2.62 bits per heavy atom. The van der Waals surface area contributed by atoms with E-state index in [0.29, 0.717) is 0 Å². The van der Waals surface area contributed by atoms with E-state index in [-0.39, 0.29) is 0 Å². The minimum absolute atomic E-state index is 1.00. The molecule has 0 bridgehead atoms. The van der Waals surface area contributed by atoms with Crippen molar-refractivity contribution in [2.45, 2.75) is 13.3 Å². The van der Waals surface area contributed by atoms with Gasteiger partial charge in [-0.3, -0.25) is 0 Å². The molecule has 0 saturated carbocycles. The van der Waals surface area contributed by atoms with Crippen LogP contribution in [0.5, 0.6) is 0 Å². The maximum Gasteiger partial charge on any atom is 0.0345 e. The average Bonchev–Trinajstić information content (AvgIpc) is 2.66. The predicted octanol–water partition coefficient (Wildman–Crippen LogP) is 4.28. The maximum absolute atomic E-state index is 3.83. The molecule has 0 aromatic carbocycles. The van der Waals surface area contributed by atoms with Crippen LogP contribution in [-0.4, -0.2) is 0 Å². The topological polar surface area (TPSA) is 0 Å². The van der Waals surface area contributed by atoms with Gasteiger partial charge in [0.2, 0.25) is 0 Å². The highest BCUT2D eigenvalue weighted by molar-refractivity contribution is 7.11. The summed E-state index contributed by atoms with van der Waals surface area (Å²) in [5, 5.41) is 2.08. The summed E-state index contributed by atoms with van der Waals surface area (Å²) in [6, 6.07) is 4.17. The molecule has 1 rings (SSSR count). The Bertz CT molecular complexity index is 315. The second-order valence-electron chi connectivity index (χ2n) is 2.68. The van der Waals surface area contributed by atoms with Gasteiger partial charge in [-0.2, -0.15) is 0 Å². The summed E-state index contributed by atoms with van der Waals surface area (Å²) in [5.74, 6) is 0. The third-order valence-electron chi connectivity index (χ3n) is 1.96. The standard InChI is InChI=1S/C12H14S/c1-4-10(5-2)11(6-3)12-8-7-9-13-12/h4,6-9H,1,3,5H2,2H3/b11-10-. The maximum atomic E-state index is 3.83. The lowest BCUT2D eigenvalue weighted by atomic mass is 10.0. The Kier molecular flexibility index (Phi) is 3.71. The van der Waals surface area contributed by atoms with Crippen molar-refractivity contribution in [3.05, 3.63) is 53.3 Å². The summed E-state index contributed by atoms with van der Waals surface area (Å²) in [5.41, 5.74) is 2.48. The molecule has 1 heteroatoms. The van der Waals surface area contributed by atoms with Crippen LogP contribution in [0.4, 0.5) is 0 Å². The molecule has 0 atom stereocenters. The van der Waals surface area contributed by atoms with E-state index >= 15 is 0 Å². The van der Waals surface area contributed by atoms with Crippen LogP contribution < -0.4 is 0 Å². The van der Waals surface area contributed by atoms with Crippen molar-refractivity contribution in [2.24, 2.45) is 0 Å². The highest BCUT2D eigenvalue weighted by Gasteiger charge is 2.02. The lowest BCUT2D eigenvalue weighted by Crippen LogP contribution is -1.82. The minimum Gasteiger partial charge on any atom is -0.144 e. The quantitative estimate of drug-likeness (QED) is 0.621. The Morgan fingerprint density at radius 2 is 2.23 bits per heavy atom. The number of rotatable bonds is 4. The van der Waals surface area contributed by atoms with Crippen LogP contribution in [0.1, 0.15) is 18.2 Å². The van der Waals surface area contributed by atoms with Crippen molar-refractivity contribution in [2.75, 3.05) is 0 Å². The molecule has 0 aliphatic carbocycles. The predicted molar refractivity (Wildman–Crippen MR) is 61.9 cm³/mol. The third-order valence-corrected chi connectivity index (χ3v) is 2.87. The highest BCUT2D eigenvalue weighted by Crippen LogP contribution is 2.26. The molecule has 1 aromatic rings. The SMILES string of the molecule is C=C/C(CC)=C(\C=C)c1cccs1. The molecule has 0 unspecified atom stereocenters. The van der Waals surface area contributed by atoms with Crippen LogP contribution in [0.15, 0.2) is 48.4 Å². The van der Waals surface area contributed by atoms with Gasteiger partial charge in [-0.05, 0) is 29.0 Å². The lowest BCUT2D eigenvalue weighted by Gasteiger charge is -2.03. The molecule has 1 aromatic heterocycles. The Morgan fingerprint density at radius 1 is 1.46 bits per heavy atom. The monoisotopic (exact) mass is 190 g/mol. The molecule has 0 aliphatic rings. The molecule has 0 aliphatic heterocycles. The van der Waals surface area contributed by atoms with E-state index < -0.39 is 0 Å². The molecule has 0 N–H and O–H groups in total. The minimum atomic E-state index is 1.00. The molecule has 1 heterocycles. The molecular formula is C12H14S. The molecule has 0 fully saturated rings. The van der Waals surface area contributed by atoms with Gasteiger partial charge in [0.05, 0.1) is 0 Å². The van der Waals surface area contributed by atoms with Gasteiger partial charge in [-0.25, -0.2) is 0 Å². The molecule has 13 heavy (non-hydrogen) atoms. The number of hydrogen-bond acceptors (Lipinski definition) is 1. The Balaban J connectivity index is 3.16. The van der Waals surface area contributed by atoms with Crippen LogP contribution in [0.3, 0.4) is 0 Å². The molecule has 68 valence electrons. The van der Waals surface area contributed by atoms with E-state index in [1.54, 1.807) is 11.3 Å². The van der Waals surface area contributed by atoms with Gasteiger partial charge in [0.15, 0.2) is 0 Å². The van der Waals surface area contributed by atoms with Crippen molar-refractivity contribution in [1.82, 2.24) is 0 Å². The fourth-order valence-corrected chi connectivity index (χ4v) is 2.07. The van der Waals surface area contributed by atoms with Gasteiger partial charge < -0.3 is 0 Å². The van der Waals surface area contributed by atoms with E-state index in [9.17, 15) is 0 Å². The summed E-state index contributed by atoms with van der Waals surface area (Å²) >= 11 is 1.74. The second kappa shape index (κ2) is 4.83. The van der Waals surface area contributed by atoms with E-state index in [2.05, 4.69) is 37.6 Å². The summed E-state index contributed by atoms with van der Waals surface area (Å²) in [7, 11) is 0. The molecule has 0 spiro atoms. The zero-order valence-electron chi connectivity index (χ0n) is 7.92. The molecule has 0 nitrogen and oxygen atoms in total. The van der Waals surface area contributed by atoms with E-state index in [1.807, 2.05) is 12.2 Å². The first-order valence-corrected chi connectivity index (χ1v) is 5.23. The number of thiophene rings is 1. The fraction of sp³-hybridized carbons (Fsp3) is 0.167. The molecular weight excluding hydrogens is 176 g/mol. The molecule has 0 amide bonds. The van der Waals surface area contributed by atoms with Gasteiger partial charge in [-0.15, -0.1) is 11.3 Å². The van der Waals surface area contributed by atoms with Crippen LogP contribution in [0.2, 0.25) is 0 Å². The van der Waals surface area contributed by atoms with Crippen LogP contribution in [0, 0.1) is 0 Å². The number of allylic oxidation sites excluding steroid dienone is 4. The normalized spacial score (nSPS) is 12.1. The summed E-state index contributed by atoms with van der Waals surface area (Å²) in [6.45, 7) is 9.78. The summed E-state index contributed by atoms with van der Waals surface area (Å²) in [4.78, 5) is 1.27. The second-order valence-corrected chi connectivity index (χ2v) is 3.63. The Labute approximate surface area is 83.9 Å². The van der Waals surface area contributed by atoms with Crippen LogP contribution in [0.25, 0.3) is 5.57 Å². The summed E-state index contributed by atoms with van der Waals surface area (Å²) < 4.78 is 0. The number of hydrogen-bond donors (Lipinski definition) is 0. The average molecular weight is 190 g/mol. The molecule has 0 radical (unpaired) electrons. The molecule has 0 saturated heterocycles. The zero-order chi connectivity index (χ0) is 9.68. The van der Waals surface area contributed by atoms with Crippen molar-refractivity contribution in [3.8, 4) is 0 Å². The first-order valence-electron chi connectivity index (χ1n) is 4.35. The zero-order valence-corrected chi connectivity index (χ0v) is 8.73. The Hall–Kier alpha value is -1.08. The van der Waals surface area contributed by atoms with Gasteiger partial charge >= 0.3 is 0 Å². The summed E-state index contributed by atoms with van der Waals surface area (Å²) in [6.07, 6.45) is 4.83. The third kappa shape index (κ3) is 2.19. The van der Waals surface area contributed by atoms with E-state index in [0.717, 1.165) is 6.42 Å². The van der Waals surface area contributed by atoms with Crippen molar-refractivity contribution < 1.29 is 0 Å². The fourth-order valence-electron chi connectivity index (χ4n) is 1.27. The van der Waals surface area contributed by atoms with Gasteiger partial charge in [0, 0.05) is 4.88 Å². The van der Waals surface area contributed by atoms with Crippen LogP contribution in [-0.2, 0) is 0 Å². The lowest BCUT2D eigenvalue weighted by molar-refractivity contribution is 1.16. The van der Waals surface area contributed by atoms with Crippen molar-refractivity contribution in [1.29, 1.82) is 0 Å².